The number of hydrogen-bond acceptors (Lipinski definition) is 4. The first-order valence-corrected chi connectivity index (χ1v) is 5.87. The van der Waals surface area contributed by atoms with Crippen molar-refractivity contribution in [2.24, 2.45) is 5.73 Å². The molecule has 98 valence electrons. The van der Waals surface area contributed by atoms with Crippen molar-refractivity contribution in [3.8, 4) is 11.6 Å². The highest BCUT2D eigenvalue weighted by molar-refractivity contribution is 5.95. The summed E-state index contributed by atoms with van der Waals surface area (Å²) in [5.41, 5.74) is 5.98. The summed E-state index contributed by atoms with van der Waals surface area (Å²) in [5.74, 6) is 1.23. The van der Waals surface area contributed by atoms with Crippen molar-refractivity contribution in [2.45, 2.75) is 0 Å². The minimum atomic E-state index is -0.00668. The van der Waals surface area contributed by atoms with Gasteiger partial charge in [0.05, 0.1) is 0 Å². The fraction of sp³-hybridized carbons (Fsp3) is 0.143. The van der Waals surface area contributed by atoms with Gasteiger partial charge < -0.3 is 15.2 Å². The summed E-state index contributed by atoms with van der Waals surface area (Å²) in [6.07, 6.45) is 1.56. The van der Waals surface area contributed by atoms with Crippen LogP contribution in [0.3, 0.4) is 0 Å². The number of hydrogen-bond donors (Lipinski definition) is 2. The van der Waals surface area contributed by atoms with E-state index in [-0.39, 0.29) is 5.84 Å². The third-order valence-corrected chi connectivity index (χ3v) is 2.39. The predicted octanol–water partition coefficient (Wildman–Crippen LogP) is 1.82. The zero-order chi connectivity index (χ0) is 13.5. The van der Waals surface area contributed by atoms with Crippen LogP contribution in [0, 0.1) is 5.41 Å². The summed E-state index contributed by atoms with van der Waals surface area (Å²) >= 11 is 0. The molecular formula is C14H15N3O2. The van der Waals surface area contributed by atoms with Crippen LogP contribution in [-0.2, 0) is 0 Å². The van der Waals surface area contributed by atoms with Gasteiger partial charge in [0.1, 0.15) is 24.8 Å². The van der Waals surface area contributed by atoms with E-state index in [0.717, 1.165) is 5.75 Å². The topological polar surface area (TPSA) is 81.2 Å². The number of ether oxygens (including phenoxy) is 2. The van der Waals surface area contributed by atoms with E-state index in [0.29, 0.717) is 24.7 Å². The molecule has 5 nitrogen and oxygen atoms in total. The summed E-state index contributed by atoms with van der Waals surface area (Å²) in [5, 5.41) is 7.33. The number of pyridine rings is 1. The van der Waals surface area contributed by atoms with Gasteiger partial charge in [-0.3, -0.25) is 5.41 Å². The lowest BCUT2D eigenvalue weighted by atomic mass is 10.2. The van der Waals surface area contributed by atoms with E-state index in [9.17, 15) is 0 Å². The van der Waals surface area contributed by atoms with E-state index in [4.69, 9.17) is 20.6 Å². The van der Waals surface area contributed by atoms with Crippen LogP contribution < -0.4 is 15.2 Å². The van der Waals surface area contributed by atoms with Crippen molar-refractivity contribution in [3.05, 3.63) is 54.2 Å². The maximum Gasteiger partial charge on any atom is 0.214 e. The van der Waals surface area contributed by atoms with Gasteiger partial charge in [0.15, 0.2) is 0 Å². The van der Waals surface area contributed by atoms with Crippen molar-refractivity contribution in [2.75, 3.05) is 13.2 Å². The molecule has 0 bridgehead atoms. The van der Waals surface area contributed by atoms with Crippen LogP contribution in [0.5, 0.6) is 11.6 Å². The molecule has 1 aromatic heterocycles. The highest BCUT2D eigenvalue weighted by Crippen LogP contribution is 2.10. The molecule has 0 aliphatic carbocycles. The third kappa shape index (κ3) is 3.99. The summed E-state index contributed by atoms with van der Waals surface area (Å²) in [6.45, 7) is 0.805. The Morgan fingerprint density at radius 2 is 1.84 bits per heavy atom. The van der Waals surface area contributed by atoms with Crippen LogP contribution in [0.4, 0.5) is 0 Å². The van der Waals surface area contributed by atoms with Gasteiger partial charge in [-0.05, 0) is 18.2 Å². The number of rotatable bonds is 6. The molecule has 19 heavy (non-hydrogen) atoms. The van der Waals surface area contributed by atoms with Gasteiger partial charge in [-0.1, -0.05) is 18.2 Å². The van der Waals surface area contributed by atoms with Crippen molar-refractivity contribution >= 4 is 5.84 Å². The fourth-order valence-corrected chi connectivity index (χ4v) is 1.48. The lowest BCUT2D eigenvalue weighted by Crippen LogP contribution is -2.13. The van der Waals surface area contributed by atoms with Crippen LogP contribution in [0.1, 0.15) is 5.56 Å². The Kier molecular flexibility index (Phi) is 4.34. The molecule has 0 spiro atoms. The van der Waals surface area contributed by atoms with E-state index >= 15 is 0 Å². The molecule has 0 unspecified atom stereocenters. The van der Waals surface area contributed by atoms with E-state index in [1.54, 1.807) is 18.3 Å². The second-order valence-electron chi connectivity index (χ2n) is 3.81. The predicted molar refractivity (Wildman–Crippen MR) is 72.7 cm³/mol. The second kappa shape index (κ2) is 6.39. The maximum absolute atomic E-state index is 7.33. The summed E-state index contributed by atoms with van der Waals surface area (Å²) in [6, 6.07) is 12.8. The molecule has 0 atom stereocenters. The molecule has 1 aromatic carbocycles. The largest absolute Gasteiger partial charge is 0.490 e. The van der Waals surface area contributed by atoms with E-state index in [2.05, 4.69) is 4.98 Å². The van der Waals surface area contributed by atoms with E-state index in [1.165, 1.54) is 0 Å². The lowest BCUT2D eigenvalue weighted by molar-refractivity contribution is 0.212. The molecule has 1 heterocycles. The first kappa shape index (κ1) is 12.9. The molecule has 0 fully saturated rings. The van der Waals surface area contributed by atoms with Crippen LogP contribution in [-0.4, -0.2) is 24.0 Å². The van der Waals surface area contributed by atoms with Crippen molar-refractivity contribution in [1.82, 2.24) is 4.98 Å². The average molecular weight is 257 g/mol. The fourth-order valence-electron chi connectivity index (χ4n) is 1.48. The Bertz CT molecular complexity index is 543. The number of aromatic nitrogens is 1. The Balaban J connectivity index is 1.80. The number of nitrogens with zero attached hydrogens (tertiary/aromatic N) is 1. The molecule has 0 saturated heterocycles. The zero-order valence-electron chi connectivity index (χ0n) is 10.4. The number of benzene rings is 1. The molecular weight excluding hydrogens is 242 g/mol. The Labute approximate surface area is 111 Å². The van der Waals surface area contributed by atoms with Gasteiger partial charge in [0, 0.05) is 17.8 Å². The molecule has 2 aromatic rings. The summed E-state index contributed by atoms with van der Waals surface area (Å²) in [7, 11) is 0. The summed E-state index contributed by atoms with van der Waals surface area (Å²) in [4.78, 5) is 4.04. The van der Waals surface area contributed by atoms with Crippen LogP contribution in [0.25, 0.3) is 0 Å². The minimum absolute atomic E-state index is 0.00668. The standard InChI is InChI=1S/C14H15N3O2/c15-14(16)11-6-7-17-13(10-11)19-9-8-18-12-4-2-1-3-5-12/h1-7,10H,8-9H2,(H3,15,16). The van der Waals surface area contributed by atoms with Gasteiger partial charge >= 0.3 is 0 Å². The highest BCUT2D eigenvalue weighted by atomic mass is 16.5. The lowest BCUT2D eigenvalue weighted by Gasteiger charge is -2.08. The quantitative estimate of drug-likeness (QED) is 0.470. The van der Waals surface area contributed by atoms with Crippen LogP contribution >= 0.6 is 0 Å². The molecule has 0 aliphatic rings. The first-order chi connectivity index (χ1) is 9.25. The zero-order valence-corrected chi connectivity index (χ0v) is 10.4. The molecule has 5 heteroatoms. The Morgan fingerprint density at radius 1 is 1.11 bits per heavy atom. The smallest absolute Gasteiger partial charge is 0.214 e. The average Bonchev–Trinajstić information content (AvgIpc) is 2.45. The minimum Gasteiger partial charge on any atom is -0.490 e. The maximum atomic E-state index is 7.33. The van der Waals surface area contributed by atoms with Gasteiger partial charge in [-0.15, -0.1) is 0 Å². The van der Waals surface area contributed by atoms with Crippen molar-refractivity contribution in [1.29, 1.82) is 5.41 Å². The monoisotopic (exact) mass is 257 g/mol. The Morgan fingerprint density at radius 3 is 2.58 bits per heavy atom. The highest BCUT2D eigenvalue weighted by Gasteiger charge is 2.00. The van der Waals surface area contributed by atoms with Crippen LogP contribution in [0.15, 0.2) is 48.7 Å². The van der Waals surface area contributed by atoms with Gasteiger partial charge in [-0.25, -0.2) is 4.98 Å². The van der Waals surface area contributed by atoms with Gasteiger partial charge in [0.25, 0.3) is 0 Å². The number of amidine groups is 1. The number of para-hydroxylation sites is 1. The Hall–Kier alpha value is -2.56. The van der Waals surface area contributed by atoms with Gasteiger partial charge in [-0.2, -0.15) is 0 Å². The molecule has 0 aliphatic heterocycles. The van der Waals surface area contributed by atoms with Crippen molar-refractivity contribution < 1.29 is 9.47 Å². The first-order valence-electron chi connectivity index (χ1n) is 5.87. The van der Waals surface area contributed by atoms with Crippen molar-refractivity contribution in [3.63, 3.8) is 0 Å². The number of nitrogen functional groups attached to an aromatic ring is 1. The summed E-state index contributed by atoms with van der Waals surface area (Å²) < 4.78 is 10.9. The molecule has 2 rings (SSSR count). The molecule has 3 N–H and O–H groups in total. The van der Waals surface area contributed by atoms with Crippen LogP contribution in [0.2, 0.25) is 0 Å². The second-order valence-corrected chi connectivity index (χ2v) is 3.81. The molecule has 0 amide bonds. The van der Waals surface area contributed by atoms with E-state index in [1.807, 2.05) is 30.3 Å². The van der Waals surface area contributed by atoms with E-state index < -0.39 is 0 Å². The number of nitrogens with one attached hydrogen (secondary N) is 1. The van der Waals surface area contributed by atoms with Gasteiger partial charge in [0.2, 0.25) is 5.88 Å². The SMILES string of the molecule is N=C(N)c1ccnc(OCCOc2ccccc2)c1. The number of nitrogens with two attached hydrogens (primary N) is 1. The molecule has 0 radical (unpaired) electrons. The molecule has 0 saturated carbocycles. The third-order valence-electron chi connectivity index (χ3n) is 2.39. The normalized spacial score (nSPS) is 9.89.